The second-order valence-corrected chi connectivity index (χ2v) is 8.20. The van der Waals surface area contributed by atoms with Crippen LogP contribution < -0.4 is 15.1 Å². The Morgan fingerprint density at radius 1 is 1.00 bits per heavy atom. The molecule has 0 spiro atoms. The van der Waals surface area contributed by atoms with Gasteiger partial charge >= 0.3 is 11.8 Å². The summed E-state index contributed by atoms with van der Waals surface area (Å²) in [6.07, 6.45) is 3.07. The molecule has 3 aliphatic heterocycles. The minimum atomic E-state index is -0.899. The monoisotopic (exact) mass is 446 g/mol. The first-order chi connectivity index (χ1) is 15.5. The van der Waals surface area contributed by atoms with Gasteiger partial charge in [0.25, 0.3) is 0 Å². The summed E-state index contributed by atoms with van der Waals surface area (Å²) in [5, 5.41) is 2.52. The van der Waals surface area contributed by atoms with Gasteiger partial charge < -0.3 is 24.8 Å². The zero-order valence-corrected chi connectivity index (χ0v) is 17.8. The van der Waals surface area contributed by atoms with E-state index in [1.807, 2.05) is 0 Å². The maximum atomic E-state index is 15.0. The molecule has 0 bridgehead atoms. The van der Waals surface area contributed by atoms with Crippen LogP contribution >= 0.6 is 0 Å². The molecule has 1 aromatic carbocycles. The maximum absolute atomic E-state index is 15.0. The molecule has 10 heteroatoms. The first-order valence-corrected chi connectivity index (χ1v) is 11.0. The van der Waals surface area contributed by atoms with Gasteiger partial charge in [0.1, 0.15) is 11.9 Å². The van der Waals surface area contributed by atoms with E-state index < -0.39 is 29.6 Å². The summed E-state index contributed by atoms with van der Waals surface area (Å²) in [6.45, 7) is 2.25. The van der Waals surface area contributed by atoms with Crippen LogP contribution in [0.15, 0.2) is 18.2 Å². The molecule has 1 aromatic rings. The van der Waals surface area contributed by atoms with E-state index in [1.165, 1.54) is 21.9 Å². The van der Waals surface area contributed by atoms with Crippen molar-refractivity contribution in [3.8, 4) is 0 Å². The first kappa shape index (κ1) is 22.2. The van der Waals surface area contributed by atoms with Crippen LogP contribution in [0.2, 0.25) is 0 Å². The Hall–Kier alpha value is -3.01. The number of piperidine rings is 2. The maximum Gasteiger partial charge on any atom is 0.312 e. The highest BCUT2D eigenvalue weighted by Crippen LogP contribution is 2.29. The number of hydrogen-bond donors (Lipinski definition) is 1. The molecule has 32 heavy (non-hydrogen) atoms. The average Bonchev–Trinajstić information content (AvgIpc) is 2.81. The molecule has 4 amide bonds. The zero-order chi connectivity index (χ0) is 22.7. The summed E-state index contributed by atoms with van der Waals surface area (Å²) in [6, 6.07) is 3.51. The van der Waals surface area contributed by atoms with Crippen molar-refractivity contribution in [3.05, 3.63) is 24.0 Å². The standard InChI is InChI=1S/C22H27FN4O5/c23-16-14-15(26-8-2-1-5-19(26)28)6-7-18(16)27-9-3-4-17(21(27)30)24-20(29)22(31)25-10-12-32-13-11-25/h6-7,14,17H,1-5,8-13H2,(H,24,29). The molecule has 0 aromatic heterocycles. The molecule has 1 atom stereocenters. The van der Waals surface area contributed by atoms with E-state index in [0.717, 1.165) is 12.8 Å². The Bertz CT molecular complexity index is 918. The van der Waals surface area contributed by atoms with Gasteiger partial charge in [-0.15, -0.1) is 0 Å². The van der Waals surface area contributed by atoms with E-state index in [2.05, 4.69) is 5.32 Å². The van der Waals surface area contributed by atoms with Crippen molar-refractivity contribution in [1.82, 2.24) is 10.2 Å². The highest BCUT2D eigenvalue weighted by Gasteiger charge is 2.35. The molecule has 0 radical (unpaired) electrons. The van der Waals surface area contributed by atoms with E-state index in [9.17, 15) is 23.6 Å². The van der Waals surface area contributed by atoms with Crippen molar-refractivity contribution in [3.63, 3.8) is 0 Å². The largest absolute Gasteiger partial charge is 0.378 e. The van der Waals surface area contributed by atoms with Crippen LogP contribution in [0.5, 0.6) is 0 Å². The lowest BCUT2D eigenvalue weighted by molar-refractivity contribution is -0.149. The SMILES string of the molecule is O=C(NC1CCCN(c2ccc(N3CCCCC3=O)cc2F)C1=O)C(=O)N1CCOCC1. The fourth-order valence-corrected chi connectivity index (χ4v) is 4.34. The van der Waals surface area contributed by atoms with Gasteiger partial charge in [0, 0.05) is 38.3 Å². The van der Waals surface area contributed by atoms with Crippen molar-refractivity contribution in [2.24, 2.45) is 0 Å². The van der Waals surface area contributed by atoms with E-state index in [1.54, 1.807) is 11.0 Å². The first-order valence-electron chi connectivity index (χ1n) is 11.0. The molecular weight excluding hydrogens is 419 g/mol. The fourth-order valence-electron chi connectivity index (χ4n) is 4.34. The topological polar surface area (TPSA) is 99.3 Å². The molecule has 1 N–H and O–H groups in total. The molecular formula is C22H27FN4O5. The van der Waals surface area contributed by atoms with Crippen LogP contribution in [0.25, 0.3) is 0 Å². The Balaban J connectivity index is 1.44. The van der Waals surface area contributed by atoms with Crippen LogP contribution in [0.1, 0.15) is 32.1 Å². The third-order valence-electron chi connectivity index (χ3n) is 6.09. The number of halogens is 1. The van der Waals surface area contributed by atoms with E-state index in [-0.39, 0.29) is 11.6 Å². The van der Waals surface area contributed by atoms with Gasteiger partial charge in [-0.3, -0.25) is 19.2 Å². The van der Waals surface area contributed by atoms with Gasteiger partial charge in [0.05, 0.1) is 18.9 Å². The Labute approximate surface area is 185 Å². The molecule has 9 nitrogen and oxygen atoms in total. The average molecular weight is 446 g/mol. The third-order valence-corrected chi connectivity index (χ3v) is 6.09. The van der Waals surface area contributed by atoms with Crippen molar-refractivity contribution in [2.75, 3.05) is 49.2 Å². The van der Waals surface area contributed by atoms with Crippen molar-refractivity contribution in [2.45, 2.75) is 38.1 Å². The van der Waals surface area contributed by atoms with Gasteiger partial charge in [-0.25, -0.2) is 4.39 Å². The van der Waals surface area contributed by atoms with E-state index in [0.29, 0.717) is 64.3 Å². The van der Waals surface area contributed by atoms with Gasteiger partial charge in [-0.2, -0.15) is 0 Å². The fraction of sp³-hybridized carbons (Fsp3) is 0.545. The highest BCUT2D eigenvalue weighted by atomic mass is 19.1. The summed E-state index contributed by atoms with van der Waals surface area (Å²) >= 11 is 0. The predicted octanol–water partition coefficient (Wildman–Crippen LogP) is 0.813. The Morgan fingerprint density at radius 3 is 2.47 bits per heavy atom. The van der Waals surface area contributed by atoms with Gasteiger partial charge in [0.2, 0.25) is 11.8 Å². The second-order valence-electron chi connectivity index (χ2n) is 8.20. The minimum Gasteiger partial charge on any atom is -0.378 e. The second kappa shape index (κ2) is 9.64. The van der Waals surface area contributed by atoms with Gasteiger partial charge in [0.15, 0.2) is 0 Å². The number of carbonyl (C=O) groups excluding carboxylic acids is 4. The number of anilines is 2. The van der Waals surface area contributed by atoms with Crippen molar-refractivity contribution >= 4 is 35.0 Å². The highest BCUT2D eigenvalue weighted by molar-refractivity contribution is 6.35. The number of rotatable bonds is 3. The lowest BCUT2D eigenvalue weighted by Crippen LogP contribution is -2.56. The number of ether oxygens (including phenoxy) is 1. The molecule has 0 saturated carbocycles. The summed E-state index contributed by atoms with van der Waals surface area (Å²) in [4.78, 5) is 54.1. The predicted molar refractivity (Wildman–Crippen MR) is 114 cm³/mol. The number of hydrogen-bond acceptors (Lipinski definition) is 5. The summed E-state index contributed by atoms with van der Waals surface area (Å²) in [5.41, 5.74) is 0.572. The number of carbonyl (C=O) groups is 4. The Morgan fingerprint density at radius 2 is 1.75 bits per heavy atom. The number of amides is 4. The number of nitrogens with zero attached hydrogens (tertiary/aromatic N) is 3. The molecule has 3 saturated heterocycles. The Kier molecular flexibility index (Phi) is 6.69. The molecule has 3 aliphatic rings. The molecule has 3 heterocycles. The van der Waals surface area contributed by atoms with Crippen LogP contribution in [0, 0.1) is 5.82 Å². The quantitative estimate of drug-likeness (QED) is 0.693. The molecule has 0 aliphatic carbocycles. The van der Waals surface area contributed by atoms with Crippen LogP contribution in [-0.2, 0) is 23.9 Å². The van der Waals surface area contributed by atoms with Crippen LogP contribution in [0.4, 0.5) is 15.8 Å². The number of benzene rings is 1. The summed E-state index contributed by atoms with van der Waals surface area (Å²) < 4.78 is 20.1. The van der Waals surface area contributed by atoms with E-state index in [4.69, 9.17) is 4.74 Å². The van der Waals surface area contributed by atoms with Crippen molar-refractivity contribution < 1.29 is 28.3 Å². The number of morpholine rings is 1. The molecule has 1 unspecified atom stereocenters. The lowest BCUT2D eigenvalue weighted by Gasteiger charge is -2.34. The van der Waals surface area contributed by atoms with Crippen LogP contribution in [-0.4, -0.2) is 74.0 Å². The minimum absolute atomic E-state index is 0.0369. The summed E-state index contributed by atoms with van der Waals surface area (Å²) in [7, 11) is 0. The summed E-state index contributed by atoms with van der Waals surface area (Å²) in [5.74, 6) is -2.64. The van der Waals surface area contributed by atoms with E-state index >= 15 is 0 Å². The number of nitrogens with one attached hydrogen (secondary N) is 1. The van der Waals surface area contributed by atoms with Crippen molar-refractivity contribution in [1.29, 1.82) is 0 Å². The normalized spacial score (nSPS) is 22.2. The molecule has 3 fully saturated rings. The smallest absolute Gasteiger partial charge is 0.312 e. The van der Waals surface area contributed by atoms with Gasteiger partial charge in [-0.1, -0.05) is 0 Å². The lowest BCUT2D eigenvalue weighted by atomic mass is 10.0. The molecule has 172 valence electrons. The third kappa shape index (κ3) is 4.59. The zero-order valence-electron chi connectivity index (χ0n) is 17.8. The van der Waals surface area contributed by atoms with Crippen LogP contribution in [0.3, 0.4) is 0 Å². The van der Waals surface area contributed by atoms with Gasteiger partial charge in [-0.05, 0) is 43.9 Å². The molecule has 4 rings (SSSR count).